The Balaban J connectivity index is 3.44. The molecule has 0 spiro atoms. The monoisotopic (exact) mass is 188 g/mol. The maximum atomic E-state index is 9.05. The van der Waals surface area contributed by atoms with Crippen LogP contribution in [-0.2, 0) is 4.74 Å². The van der Waals surface area contributed by atoms with Crippen LogP contribution in [0.3, 0.4) is 0 Å². The molecular formula is C11H24O2. The summed E-state index contributed by atoms with van der Waals surface area (Å²) in [7, 11) is 0. The molecule has 1 atom stereocenters. The third-order valence-electron chi connectivity index (χ3n) is 2.11. The first kappa shape index (κ1) is 12.9. The van der Waals surface area contributed by atoms with Crippen molar-refractivity contribution in [3.8, 4) is 0 Å². The van der Waals surface area contributed by atoms with Crippen molar-refractivity contribution in [3.63, 3.8) is 0 Å². The molecule has 0 heterocycles. The molecule has 0 aromatic heterocycles. The van der Waals surface area contributed by atoms with Gasteiger partial charge in [-0.15, -0.1) is 0 Å². The van der Waals surface area contributed by atoms with Crippen LogP contribution in [0.1, 0.15) is 52.9 Å². The number of aliphatic hydroxyl groups excluding tert-OH is 1. The fourth-order valence-electron chi connectivity index (χ4n) is 1.36. The van der Waals surface area contributed by atoms with Gasteiger partial charge in [0.2, 0.25) is 0 Å². The highest BCUT2D eigenvalue weighted by Gasteiger charge is 2.06. The smallest absolute Gasteiger partial charge is 0.0575 e. The van der Waals surface area contributed by atoms with Gasteiger partial charge in [0.05, 0.1) is 12.2 Å². The van der Waals surface area contributed by atoms with Gasteiger partial charge in [-0.3, -0.25) is 0 Å². The van der Waals surface area contributed by atoms with Gasteiger partial charge in [-0.05, 0) is 26.2 Å². The van der Waals surface area contributed by atoms with Crippen molar-refractivity contribution in [2.75, 3.05) is 6.61 Å². The molecule has 0 aromatic carbocycles. The molecule has 0 fully saturated rings. The molecule has 0 saturated heterocycles. The van der Waals surface area contributed by atoms with Crippen molar-refractivity contribution in [3.05, 3.63) is 0 Å². The number of hydrogen-bond donors (Lipinski definition) is 1. The van der Waals surface area contributed by atoms with Gasteiger partial charge in [-0.1, -0.05) is 26.7 Å². The van der Waals surface area contributed by atoms with E-state index in [-0.39, 0.29) is 6.10 Å². The summed E-state index contributed by atoms with van der Waals surface area (Å²) in [6, 6.07) is 0. The number of rotatable bonds is 8. The largest absolute Gasteiger partial charge is 0.393 e. The van der Waals surface area contributed by atoms with Crippen molar-refractivity contribution in [1.82, 2.24) is 0 Å². The first-order chi connectivity index (χ1) is 6.20. The second-order valence-electron chi connectivity index (χ2n) is 3.71. The second kappa shape index (κ2) is 8.52. The maximum Gasteiger partial charge on any atom is 0.0575 e. The van der Waals surface area contributed by atoms with E-state index in [9.17, 15) is 0 Å². The second-order valence-corrected chi connectivity index (χ2v) is 3.71. The predicted octanol–water partition coefficient (Wildman–Crippen LogP) is 2.74. The van der Waals surface area contributed by atoms with Crippen LogP contribution in [0.25, 0.3) is 0 Å². The van der Waals surface area contributed by atoms with Crippen molar-refractivity contribution in [1.29, 1.82) is 0 Å². The van der Waals surface area contributed by atoms with Gasteiger partial charge in [0.15, 0.2) is 0 Å². The van der Waals surface area contributed by atoms with Crippen LogP contribution in [0, 0.1) is 0 Å². The minimum absolute atomic E-state index is 0.232. The number of hydrogen-bond acceptors (Lipinski definition) is 2. The lowest BCUT2D eigenvalue weighted by atomic mass is 10.1. The van der Waals surface area contributed by atoms with Crippen LogP contribution in [0.5, 0.6) is 0 Å². The Hall–Kier alpha value is -0.0800. The molecule has 0 aliphatic carbocycles. The first-order valence-corrected chi connectivity index (χ1v) is 5.50. The van der Waals surface area contributed by atoms with E-state index in [1.54, 1.807) is 6.92 Å². The van der Waals surface area contributed by atoms with Crippen molar-refractivity contribution in [2.45, 2.75) is 65.1 Å². The normalized spacial score (nSPS) is 13.6. The Bertz CT molecular complexity index is 96.3. The van der Waals surface area contributed by atoms with Crippen molar-refractivity contribution < 1.29 is 9.84 Å². The van der Waals surface area contributed by atoms with Crippen LogP contribution >= 0.6 is 0 Å². The van der Waals surface area contributed by atoms with Gasteiger partial charge in [0.25, 0.3) is 0 Å². The molecule has 2 heteroatoms. The van der Waals surface area contributed by atoms with E-state index in [1.807, 2.05) is 0 Å². The SMILES string of the molecule is CCCC(CCC)OCCC(C)O. The Kier molecular flexibility index (Phi) is 8.46. The fourth-order valence-corrected chi connectivity index (χ4v) is 1.36. The van der Waals surface area contributed by atoms with E-state index in [1.165, 1.54) is 12.8 Å². The highest BCUT2D eigenvalue weighted by Crippen LogP contribution is 2.09. The molecule has 0 aromatic rings. The highest BCUT2D eigenvalue weighted by molar-refractivity contribution is 4.57. The lowest BCUT2D eigenvalue weighted by molar-refractivity contribution is 0.0218. The molecule has 0 rings (SSSR count). The zero-order chi connectivity index (χ0) is 10.1. The average molecular weight is 188 g/mol. The Morgan fingerprint density at radius 3 is 2.00 bits per heavy atom. The summed E-state index contributed by atoms with van der Waals surface area (Å²) >= 11 is 0. The molecule has 0 bridgehead atoms. The summed E-state index contributed by atoms with van der Waals surface area (Å²) in [5, 5.41) is 9.05. The maximum absolute atomic E-state index is 9.05. The molecule has 0 radical (unpaired) electrons. The first-order valence-electron chi connectivity index (χ1n) is 5.50. The molecular weight excluding hydrogens is 164 g/mol. The van der Waals surface area contributed by atoms with Crippen molar-refractivity contribution in [2.24, 2.45) is 0 Å². The van der Waals surface area contributed by atoms with Crippen LogP contribution in [-0.4, -0.2) is 23.9 Å². The summed E-state index contributed by atoms with van der Waals surface area (Å²) in [5.41, 5.74) is 0. The summed E-state index contributed by atoms with van der Waals surface area (Å²) in [6.45, 7) is 6.86. The van der Waals surface area contributed by atoms with E-state index in [0.717, 1.165) is 19.3 Å². The molecule has 0 amide bonds. The van der Waals surface area contributed by atoms with Gasteiger partial charge in [-0.25, -0.2) is 0 Å². The molecule has 0 saturated carbocycles. The van der Waals surface area contributed by atoms with E-state index in [4.69, 9.17) is 9.84 Å². The summed E-state index contributed by atoms with van der Waals surface area (Å²) in [4.78, 5) is 0. The highest BCUT2D eigenvalue weighted by atomic mass is 16.5. The van der Waals surface area contributed by atoms with E-state index >= 15 is 0 Å². The lowest BCUT2D eigenvalue weighted by Crippen LogP contribution is -2.15. The minimum atomic E-state index is -0.232. The predicted molar refractivity (Wildman–Crippen MR) is 55.9 cm³/mol. The summed E-state index contributed by atoms with van der Waals surface area (Å²) in [6.07, 6.45) is 5.59. The Morgan fingerprint density at radius 1 is 1.08 bits per heavy atom. The van der Waals surface area contributed by atoms with Gasteiger partial charge in [0.1, 0.15) is 0 Å². The molecule has 1 unspecified atom stereocenters. The molecule has 80 valence electrons. The summed E-state index contributed by atoms with van der Waals surface area (Å²) < 4.78 is 5.67. The summed E-state index contributed by atoms with van der Waals surface area (Å²) in [5.74, 6) is 0. The van der Waals surface area contributed by atoms with E-state index in [2.05, 4.69) is 13.8 Å². The minimum Gasteiger partial charge on any atom is -0.393 e. The molecule has 0 aliphatic rings. The van der Waals surface area contributed by atoms with Gasteiger partial charge >= 0.3 is 0 Å². The standard InChI is InChI=1S/C11H24O2/c1-4-6-11(7-5-2)13-9-8-10(3)12/h10-12H,4-9H2,1-3H3. The molecule has 2 nitrogen and oxygen atoms in total. The zero-order valence-electron chi connectivity index (χ0n) is 9.25. The lowest BCUT2D eigenvalue weighted by Gasteiger charge is -2.16. The molecule has 1 N–H and O–H groups in total. The number of aliphatic hydroxyl groups is 1. The van der Waals surface area contributed by atoms with Crippen molar-refractivity contribution >= 4 is 0 Å². The van der Waals surface area contributed by atoms with Crippen LogP contribution in [0.15, 0.2) is 0 Å². The molecule has 13 heavy (non-hydrogen) atoms. The van der Waals surface area contributed by atoms with Crippen LogP contribution in [0.2, 0.25) is 0 Å². The Labute approximate surface area is 82.3 Å². The molecule has 0 aliphatic heterocycles. The van der Waals surface area contributed by atoms with E-state index in [0.29, 0.717) is 12.7 Å². The van der Waals surface area contributed by atoms with Crippen LogP contribution < -0.4 is 0 Å². The average Bonchev–Trinajstić information content (AvgIpc) is 2.04. The van der Waals surface area contributed by atoms with E-state index < -0.39 is 0 Å². The Morgan fingerprint density at radius 2 is 1.62 bits per heavy atom. The van der Waals surface area contributed by atoms with Gasteiger partial charge in [0, 0.05) is 6.61 Å². The third kappa shape index (κ3) is 8.26. The zero-order valence-corrected chi connectivity index (χ0v) is 9.25. The van der Waals surface area contributed by atoms with Gasteiger partial charge in [-0.2, -0.15) is 0 Å². The fraction of sp³-hybridized carbons (Fsp3) is 1.00. The van der Waals surface area contributed by atoms with Gasteiger partial charge < -0.3 is 9.84 Å². The quantitative estimate of drug-likeness (QED) is 0.634. The third-order valence-corrected chi connectivity index (χ3v) is 2.11. The number of ether oxygens (including phenoxy) is 1. The topological polar surface area (TPSA) is 29.5 Å². The van der Waals surface area contributed by atoms with Crippen LogP contribution in [0.4, 0.5) is 0 Å².